The highest BCUT2D eigenvalue weighted by Crippen LogP contribution is 2.18. The van der Waals surface area contributed by atoms with Gasteiger partial charge in [0.15, 0.2) is 0 Å². The van der Waals surface area contributed by atoms with Crippen molar-refractivity contribution in [2.45, 2.75) is 31.8 Å². The molecule has 0 spiro atoms. The molecule has 2 rings (SSSR count). The van der Waals surface area contributed by atoms with Gasteiger partial charge < -0.3 is 10.4 Å². The van der Waals surface area contributed by atoms with Crippen LogP contribution in [0, 0.1) is 0 Å². The van der Waals surface area contributed by atoms with E-state index >= 15 is 0 Å². The Balaban J connectivity index is 1.73. The predicted octanol–water partition coefficient (Wildman–Crippen LogP) is 2.34. The summed E-state index contributed by atoms with van der Waals surface area (Å²) in [5.41, 5.74) is 1.79. The molecule has 1 aliphatic carbocycles. The molecule has 18 heavy (non-hydrogen) atoms. The summed E-state index contributed by atoms with van der Waals surface area (Å²) in [6, 6.07) is 9.52. The summed E-state index contributed by atoms with van der Waals surface area (Å²) in [6.45, 7) is 0.506. The first-order valence-electron chi connectivity index (χ1n) is 6.47. The van der Waals surface area contributed by atoms with E-state index in [2.05, 4.69) is 5.32 Å². The third-order valence-corrected chi connectivity index (χ3v) is 3.22. The van der Waals surface area contributed by atoms with Gasteiger partial charge in [0.25, 0.3) is 0 Å². The number of carbonyl (C=O) groups excluding carboxylic acids is 1. The number of aliphatic hydroxyl groups is 1. The van der Waals surface area contributed by atoms with E-state index in [4.69, 9.17) is 0 Å². The van der Waals surface area contributed by atoms with Crippen molar-refractivity contribution in [3.8, 4) is 0 Å². The van der Waals surface area contributed by atoms with Gasteiger partial charge in [0, 0.05) is 12.1 Å². The molecule has 3 nitrogen and oxygen atoms in total. The van der Waals surface area contributed by atoms with Gasteiger partial charge in [0.1, 0.15) is 0 Å². The molecule has 1 aromatic carbocycles. The van der Waals surface area contributed by atoms with Crippen LogP contribution < -0.4 is 5.32 Å². The highest BCUT2D eigenvalue weighted by molar-refractivity contribution is 5.93. The highest BCUT2D eigenvalue weighted by atomic mass is 16.3. The average molecular weight is 245 g/mol. The molecule has 0 saturated carbocycles. The molecule has 0 radical (unpaired) electrons. The Kier molecular flexibility index (Phi) is 4.53. The lowest BCUT2D eigenvalue weighted by Gasteiger charge is -2.11. The van der Waals surface area contributed by atoms with Crippen molar-refractivity contribution in [2.75, 3.05) is 6.54 Å². The molecule has 1 atom stereocenters. The lowest BCUT2D eigenvalue weighted by molar-refractivity contribution is -0.117. The normalized spacial score (nSPS) is 16.2. The first-order valence-corrected chi connectivity index (χ1v) is 6.47. The molecule has 0 bridgehead atoms. The lowest BCUT2D eigenvalue weighted by atomic mass is 10.1. The number of allylic oxidation sites excluding steroid dienone is 1. The minimum Gasteiger partial charge on any atom is -0.388 e. The molecule has 0 aromatic heterocycles. The first kappa shape index (κ1) is 12.8. The Morgan fingerprint density at radius 2 is 2.11 bits per heavy atom. The maximum Gasteiger partial charge on any atom is 0.246 e. The van der Waals surface area contributed by atoms with Crippen LogP contribution in [0.15, 0.2) is 42.0 Å². The molecule has 3 heteroatoms. The van der Waals surface area contributed by atoms with Crippen LogP contribution in [0.2, 0.25) is 0 Å². The van der Waals surface area contributed by atoms with Gasteiger partial charge >= 0.3 is 0 Å². The third kappa shape index (κ3) is 3.44. The Morgan fingerprint density at radius 3 is 2.78 bits per heavy atom. The number of aliphatic hydroxyl groups excluding tert-OH is 1. The molecule has 0 aliphatic heterocycles. The molecule has 1 aromatic rings. The number of hydrogen-bond donors (Lipinski definition) is 2. The fraction of sp³-hybridized carbons (Fsp3) is 0.400. The van der Waals surface area contributed by atoms with E-state index in [0.29, 0.717) is 13.0 Å². The summed E-state index contributed by atoms with van der Waals surface area (Å²) in [6.07, 6.45) is 5.01. The summed E-state index contributed by atoms with van der Waals surface area (Å²) in [5, 5.41) is 12.8. The van der Waals surface area contributed by atoms with Crippen molar-refractivity contribution in [1.82, 2.24) is 5.32 Å². The Morgan fingerprint density at radius 1 is 1.33 bits per heavy atom. The zero-order valence-corrected chi connectivity index (χ0v) is 10.4. The molecule has 0 saturated heterocycles. The van der Waals surface area contributed by atoms with Gasteiger partial charge in [-0.1, -0.05) is 36.4 Å². The van der Waals surface area contributed by atoms with Gasteiger partial charge in [-0.05, 0) is 31.2 Å². The van der Waals surface area contributed by atoms with Crippen molar-refractivity contribution >= 4 is 5.91 Å². The molecular formula is C15H19NO2. The number of benzene rings is 1. The van der Waals surface area contributed by atoms with Gasteiger partial charge in [-0.15, -0.1) is 0 Å². The van der Waals surface area contributed by atoms with Crippen molar-refractivity contribution in [3.63, 3.8) is 0 Å². The summed E-state index contributed by atoms with van der Waals surface area (Å²) in [7, 11) is 0. The lowest BCUT2D eigenvalue weighted by Crippen LogP contribution is -2.26. The molecule has 96 valence electrons. The largest absolute Gasteiger partial charge is 0.388 e. The number of carbonyl (C=O) groups is 1. The second kappa shape index (κ2) is 6.36. The van der Waals surface area contributed by atoms with Crippen LogP contribution in [0.1, 0.15) is 37.4 Å². The standard InChI is InChI=1S/C15H19NO2/c17-14(12-6-2-1-3-7-12)10-11-16-15(18)13-8-4-5-9-13/h1-3,6-8,14,17H,4-5,9-11H2,(H,16,18). The molecule has 0 fully saturated rings. The molecule has 1 aliphatic rings. The maximum atomic E-state index is 11.7. The van der Waals surface area contributed by atoms with E-state index in [0.717, 1.165) is 30.4 Å². The molecule has 1 unspecified atom stereocenters. The van der Waals surface area contributed by atoms with Crippen LogP contribution >= 0.6 is 0 Å². The summed E-state index contributed by atoms with van der Waals surface area (Å²) < 4.78 is 0. The van der Waals surface area contributed by atoms with Crippen molar-refractivity contribution < 1.29 is 9.90 Å². The van der Waals surface area contributed by atoms with Crippen LogP contribution in [0.25, 0.3) is 0 Å². The monoisotopic (exact) mass is 245 g/mol. The Labute approximate surface area is 108 Å². The van der Waals surface area contributed by atoms with E-state index < -0.39 is 6.10 Å². The highest BCUT2D eigenvalue weighted by Gasteiger charge is 2.13. The van der Waals surface area contributed by atoms with Crippen LogP contribution in [-0.4, -0.2) is 17.6 Å². The maximum absolute atomic E-state index is 11.7. The van der Waals surface area contributed by atoms with E-state index in [1.807, 2.05) is 36.4 Å². The number of rotatable bonds is 5. The first-order chi connectivity index (χ1) is 8.77. The van der Waals surface area contributed by atoms with Crippen LogP contribution in [0.4, 0.5) is 0 Å². The van der Waals surface area contributed by atoms with E-state index in [1.54, 1.807) is 0 Å². The topological polar surface area (TPSA) is 49.3 Å². The molecule has 2 N–H and O–H groups in total. The van der Waals surface area contributed by atoms with Crippen LogP contribution in [0.3, 0.4) is 0 Å². The van der Waals surface area contributed by atoms with Crippen molar-refractivity contribution in [1.29, 1.82) is 0 Å². The second-order valence-corrected chi connectivity index (χ2v) is 4.59. The third-order valence-electron chi connectivity index (χ3n) is 3.22. The van der Waals surface area contributed by atoms with Gasteiger partial charge in [-0.2, -0.15) is 0 Å². The van der Waals surface area contributed by atoms with E-state index in [9.17, 15) is 9.90 Å². The zero-order chi connectivity index (χ0) is 12.8. The summed E-state index contributed by atoms with van der Waals surface area (Å²) in [4.78, 5) is 11.7. The second-order valence-electron chi connectivity index (χ2n) is 4.59. The van der Waals surface area contributed by atoms with Gasteiger partial charge in [-0.3, -0.25) is 4.79 Å². The molecule has 0 heterocycles. The van der Waals surface area contributed by atoms with Crippen molar-refractivity contribution in [2.24, 2.45) is 0 Å². The summed E-state index contributed by atoms with van der Waals surface area (Å²) in [5.74, 6) is 0.0211. The number of amides is 1. The summed E-state index contributed by atoms with van der Waals surface area (Å²) >= 11 is 0. The van der Waals surface area contributed by atoms with Crippen molar-refractivity contribution in [3.05, 3.63) is 47.5 Å². The minimum atomic E-state index is -0.510. The quantitative estimate of drug-likeness (QED) is 0.836. The number of hydrogen-bond acceptors (Lipinski definition) is 2. The van der Waals surface area contributed by atoms with Gasteiger partial charge in [0.2, 0.25) is 5.91 Å². The zero-order valence-electron chi connectivity index (χ0n) is 10.4. The van der Waals surface area contributed by atoms with Crippen LogP contribution in [0.5, 0.6) is 0 Å². The Hall–Kier alpha value is -1.61. The Bertz CT molecular complexity index is 425. The fourth-order valence-electron chi connectivity index (χ4n) is 2.15. The number of nitrogens with one attached hydrogen (secondary N) is 1. The minimum absolute atomic E-state index is 0.0211. The van der Waals surface area contributed by atoms with Gasteiger partial charge in [-0.25, -0.2) is 0 Å². The van der Waals surface area contributed by atoms with E-state index in [-0.39, 0.29) is 5.91 Å². The SMILES string of the molecule is O=C(NCCC(O)c1ccccc1)C1=CCCC1. The predicted molar refractivity (Wildman–Crippen MR) is 71.0 cm³/mol. The molecule has 1 amide bonds. The fourth-order valence-corrected chi connectivity index (χ4v) is 2.15. The van der Waals surface area contributed by atoms with Gasteiger partial charge in [0.05, 0.1) is 6.10 Å². The average Bonchev–Trinajstić information content (AvgIpc) is 2.93. The molecular weight excluding hydrogens is 226 g/mol. The van der Waals surface area contributed by atoms with Crippen LogP contribution in [-0.2, 0) is 4.79 Å². The smallest absolute Gasteiger partial charge is 0.246 e. The van der Waals surface area contributed by atoms with E-state index in [1.165, 1.54) is 0 Å².